The summed E-state index contributed by atoms with van der Waals surface area (Å²) in [5, 5.41) is 4.11. The van der Waals surface area contributed by atoms with Crippen LogP contribution in [0.1, 0.15) is 34.9 Å². The molecule has 3 rings (SSSR count). The number of methoxy groups -OCH3 is 1. The van der Waals surface area contributed by atoms with Crippen LogP contribution < -0.4 is 0 Å². The van der Waals surface area contributed by atoms with Gasteiger partial charge in [-0.05, 0) is 30.3 Å². The van der Waals surface area contributed by atoms with E-state index in [4.69, 9.17) is 0 Å². The van der Waals surface area contributed by atoms with E-state index in [1.54, 1.807) is 0 Å². The average molecular weight is 310 g/mol. The fourth-order valence-corrected chi connectivity index (χ4v) is 2.55. The quantitative estimate of drug-likeness (QED) is 0.817. The van der Waals surface area contributed by atoms with Gasteiger partial charge in [0.05, 0.1) is 12.8 Å². The molecule has 22 heavy (non-hydrogen) atoms. The number of ether oxygens (including phenoxy) is 1. The van der Waals surface area contributed by atoms with Gasteiger partial charge in [0.25, 0.3) is 0 Å². The largest absolute Gasteiger partial charge is 0.464 e. The zero-order valence-electron chi connectivity index (χ0n) is 11.7. The number of esters is 1. The number of hydrogen-bond acceptors (Lipinski definition) is 3. The number of hydrogen-bond donors (Lipinski definition) is 0. The van der Waals surface area contributed by atoms with Gasteiger partial charge >= 0.3 is 5.97 Å². The third kappa shape index (κ3) is 2.58. The maximum atomic E-state index is 13.1. The molecule has 0 atom stereocenters. The van der Waals surface area contributed by atoms with E-state index < -0.39 is 23.6 Å². The lowest BCUT2D eigenvalue weighted by molar-refractivity contribution is -0.0880. The fraction of sp³-hybridized carbons (Fsp3) is 0.333. The van der Waals surface area contributed by atoms with Crippen LogP contribution in [0.5, 0.6) is 0 Å². The van der Waals surface area contributed by atoms with E-state index in [0.717, 1.165) is 0 Å². The Bertz CT molecular complexity index is 702. The van der Waals surface area contributed by atoms with Crippen molar-refractivity contribution in [2.45, 2.75) is 24.7 Å². The van der Waals surface area contributed by atoms with Crippen molar-refractivity contribution in [3.8, 4) is 5.69 Å². The monoisotopic (exact) mass is 310 g/mol. The molecule has 1 aromatic heterocycles. The van der Waals surface area contributed by atoms with Crippen molar-refractivity contribution in [2.24, 2.45) is 0 Å². The Morgan fingerprint density at radius 1 is 1.32 bits per heavy atom. The second-order valence-electron chi connectivity index (χ2n) is 5.30. The van der Waals surface area contributed by atoms with Gasteiger partial charge in [0.15, 0.2) is 5.69 Å². The van der Waals surface area contributed by atoms with E-state index in [2.05, 4.69) is 9.84 Å². The normalized spacial score (nSPS) is 17.1. The van der Waals surface area contributed by atoms with Crippen LogP contribution in [0, 0.1) is 5.82 Å². The van der Waals surface area contributed by atoms with E-state index in [9.17, 15) is 18.0 Å². The Labute approximate surface area is 124 Å². The summed E-state index contributed by atoms with van der Waals surface area (Å²) >= 11 is 0. The highest BCUT2D eigenvalue weighted by molar-refractivity contribution is 5.87. The van der Waals surface area contributed by atoms with Crippen molar-refractivity contribution in [1.29, 1.82) is 0 Å². The Hall–Kier alpha value is -2.31. The van der Waals surface area contributed by atoms with Crippen LogP contribution in [0.15, 0.2) is 30.3 Å². The third-order valence-electron chi connectivity index (χ3n) is 3.71. The average Bonchev–Trinajstić information content (AvgIpc) is 2.89. The minimum absolute atomic E-state index is 0.0389. The summed E-state index contributed by atoms with van der Waals surface area (Å²) in [6, 6.07) is 6.89. The zero-order valence-corrected chi connectivity index (χ0v) is 11.7. The van der Waals surface area contributed by atoms with Crippen LogP contribution in [0.2, 0.25) is 0 Å². The first-order valence-corrected chi connectivity index (χ1v) is 6.72. The molecule has 0 unspecified atom stereocenters. The number of carbonyl (C=O) groups is 1. The summed E-state index contributed by atoms with van der Waals surface area (Å²) < 4.78 is 45.3. The summed E-state index contributed by atoms with van der Waals surface area (Å²) in [5.74, 6) is -4.14. The van der Waals surface area contributed by atoms with Crippen molar-refractivity contribution < 1.29 is 22.7 Å². The first kappa shape index (κ1) is 14.6. The summed E-state index contributed by atoms with van der Waals surface area (Å²) in [6.07, 6.45) is -0.582. The van der Waals surface area contributed by atoms with Gasteiger partial charge in [-0.1, -0.05) is 0 Å². The minimum atomic E-state index is -2.69. The van der Waals surface area contributed by atoms with Gasteiger partial charge in [-0.3, -0.25) is 0 Å². The van der Waals surface area contributed by atoms with Gasteiger partial charge in [0.2, 0.25) is 5.92 Å². The lowest BCUT2D eigenvalue weighted by Crippen LogP contribution is -2.34. The first-order valence-electron chi connectivity index (χ1n) is 6.72. The standard InChI is InChI=1S/C15H13F3N2O2/c1-22-14(21)12-6-13(9-7-15(17,18)8-9)20(19-12)11-4-2-10(16)3-5-11/h2-6,9H,7-8H2,1H3. The molecular formula is C15H13F3N2O2. The second kappa shape index (κ2) is 5.15. The molecular weight excluding hydrogens is 297 g/mol. The van der Waals surface area contributed by atoms with Gasteiger partial charge in [0, 0.05) is 24.5 Å². The molecule has 7 heteroatoms. The van der Waals surface area contributed by atoms with Crippen molar-refractivity contribution in [1.82, 2.24) is 9.78 Å². The number of halogens is 3. The number of aromatic nitrogens is 2. The van der Waals surface area contributed by atoms with Crippen molar-refractivity contribution in [3.05, 3.63) is 47.5 Å². The SMILES string of the molecule is COC(=O)c1cc(C2CC(F)(F)C2)n(-c2ccc(F)cc2)n1. The molecule has 116 valence electrons. The molecule has 0 aliphatic heterocycles. The van der Waals surface area contributed by atoms with Gasteiger partial charge in [-0.15, -0.1) is 0 Å². The van der Waals surface area contributed by atoms with Crippen LogP contribution in [0.3, 0.4) is 0 Å². The molecule has 1 aliphatic carbocycles. The van der Waals surface area contributed by atoms with Gasteiger partial charge in [-0.2, -0.15) is 5.10 Å². The second-order valence-corrected chi connectivity index (χ2v) is 5.30. The topological polar surface area (TPSA) is 44.1 Å². The molecule has 0 bridgehead atoms. The van der Waals surface area contributed by atoms with Crippen LogP contribution in [-0.2, 0) is 4.74 Å². The summed E-state index contributed by atoms with van der Waals surface area (Å²) in [7, 11) is 1.22. The highest BCUT2D eigenvalue weighted by atomic mass is 19.3. The Morgan fingerprint density at radius 3 is 2.50 bits per heavy atom. The molecule has 1 aliphatic rings. The smallest absolute Gasteiger partial charge is 0.358 e. The maximum Gasteiger partial charge on any atom is 0.358 e. The number of benzene rings is 1. The summed E-state index contributed by atoms with van der Waals surface area (Å²) in [4.78, 5) is 11.6. The van der Waals surface area contributed by atoms with E-state index in [1.165, 1.54) is 42.1 Å². The van der Waals surface area contributed by atoms with E-state index >= 15 is 0 Å². The van der Waals surface area contributed by atoms with Crippen LogP contribution in [0.4, 0.5) is 13.2 Å². The van der Waals surface area contributed by atoms with E-state index in [0.29, 0.717) is 11.4 Å². The summed E-state index contributed by atoms with van der Waals surface area (Å²) in [5.41, 5.74) is 1.04. The number of carbonyl (C=O) groups excluding carboxylic acids is 1. The third-order valence-corrected chi connectivity index (χ3v) is 3.71. The van der Waals surface area contributed by atoms with E-state index in [1.807, 2.05) is 0 Å². The first-order chi connectivity index (χ1) is 10.4. The van der Waals surface area contributed by atoms with Crippen molar-refractivity contribution >= 4 is 5.97 Å². The molecule has 4 nitrogen and oxygen atoms in total. The van der Waals surface area contributed by atoms with Crippen LogP contribution >= 0.6 is 0 Å². The zero-order chi connectivity index (χ0) is 15.9. The van der Waals surface area contributed by atoms with E-state index in [-0.39, 0.29) is 18.5 Å². The lowest BCUT2D eigenvalue weighted by Gasteiger charge is -2.35. The Morgan fingerprint density at radius 2 is 1.95 bits per heavy atom. The predicted molar refractivity (Wildman–Crippen MR) is 71.8 cm³/mol. The van der Waals surface area contributed by atoms with Gasteiger partial charge < -0.3 is 4.74 Å². The maximum absolute atomic E-state index is 13.1. The molecule has 0 amide bonds. The van der Waals surface area contributed by atoms with Crippen molar-refractivity contribution in [2.75, 3.05) is 7.11 Å². The Balaban J connectivity index is 2.01. The molecule has 1 aromatic carbocycles. The lowest BCUT2D eigenvalue weighted by atomic mass is 9.79. The molecule has 0 N–H and O–H groups in total. The van der Waals surface area contributed by atoms with Gasteiger partial charge in [-0.25, -0.2) is 22.6 Å². The predicted octanol–water partition coefficient (Wildman–Crippen LogP) is 3.31. The highest BCUT2D eigenvalue weighted by Crippen LogP contribution is 2.48. The minimum Gasteiger partial charge on any atom is -0.464 e. The Kier molecular flexibility index (Phi) is 3.42. The number of rotatable bonds is 3. The molecule has 1 saturated carbocycles. The molecule has 2 aromatic rings. The molecule has 0 saturated heterocycles. The highest BCUT2D eigenvalue weighted by Gasteiger charge is 2.47. The fourth-order valence-electron chi connectivity index (χ4n) is 2.55. The van der Waals surface area contributed by atoms with Crippen LogP contribution in [0.25, 0.3) is 5.69 Å². The summed E-state index contributed by atoms with van der Waals surface area (Å²) in [6.45, 7) is 0. The van der Waals surface area contributed by atoms with Gasteiger partial charge in [0.1, 0.15) is 5.82 Å². The molecule has 0 spiro atoms. The molecule has 1 heterocycles. The number of nitrogens with zero attached hydrogens (tertiary/aromatic N) is 2. The number of alkyl halides is 2. The molecule has 0 radical (unpaired) electrons. The van der Waals surface area contributed by atoms with Crippen LogP contribution in [-0.4, -0.2) is 28.8 Å². The molecule has 1 fully saturated rings. The van der Waals surface area contributed by atoms with Crippen molar-refractivity contribution in [3.63, 3.8) is 0 Å².